The van der Waals surface area contributed by atoms with Gasteiger partial charge in [0.15, 0.2) is 9.84 Å². The lowest BCUT2D eigenvalue weighted by molar-refractivity contribution is -0.274. The number of halogens is 3. The molecule has 0 aliphatic rings. The van der Waals surface area contributed by atoms with E-state index in [2.05, 4.69) is 4.74 Å². The highest BCUT2D eigenvalue weighted by atomic mass is 32.2. The van der Waals surface area contributed by atoms with Crippen LogP contribution in [0.3, 0.4) is 0 Å². The fourth-order valence-corrected chi connectivity index (χ4v) is 2.62. The van der Waals surface area contributed by atoms with Crippen molar-refractivity contribution >= 4 is 9.84 Å². The topological polar surface area (TPSA) is 67.2 Å². The first-order chi connectivity index (χ1) is 10.6. The van der Waals surface area contributed by atoms with Crippen molar-refractivity contribution in [3.05, 3.63) is 48.0 Å². The van der Waals surface area contributed by atoms with E-state index in [-0.39, 0.29) is 16.0 Å². The van der Waals surface area contributed by atoms with Crippen molar-refractivity contribution in [2.45, 2.75) is 11.3 Å². The minimum atomic E-state index is -4.86. The zero-order valence-corrected chi connectivity index (χ0v) is 12.6. The van der Waals surface area contributed by atoms with Crippen LogP contribution in [-0.4, -0.2) is 21.0 Å². The Labute approximate surface area is 130 Å². The van der Waals surface area contributed by atoms with Gasteiger partial charge in [0.2, 0.25) is 0 Å². The molecule has 0 N–H and O–H groups in total. The Morgan fingerprint density at radius 3 is 2.39 bits per heavy atom. The molecule has 0 radical (unpaired) electrons. The summed E-state index contributed by atoms with van der Waals surface area (Å²) in [5.74, 6) is -0.490. The molecule has 0 amide bonds. The fourth-order valence-electron chi connectivity index (χ4n) is 1.95. The minimum Gasteiger partial charge on any atom is -0.406 e. The minimum absolute atomic E-state index is 0.000956. The van der Waals surface area contributed by atoms with Gasteiger partial charge in [0.25, 0.3) is 0 Å². The smallest absolute Gasteiger partial charge is 0.406 e. The third kappa shape index (κ3) is 4.23. The van der Waals surface area contributed by atoms with Gasteiger partial charge in [-0.15, -0.1) is 13.2 Å². The molecule has 120 valence electrons. The van der Waals surface area contributed by atoms with E-state index in [1.165, 1.54) is 30.3 Å². The van der Waals surface area contributed by atoms with E-state index in [1.807, 2.05) is 6.07 Å². The summed E-state index contributed by atoms with van der Waals surface area (Å²) in [6.45, 7) is 0. The summed E-state index contributed by atoms with van der Waals surface area (Å²) in [7, 11) is -3.49. The number of hydrogen-bond donors (Lipinski definition) is 0. The molecule has 0 spiro atoms. The molecule has 2 aromatic carbocycles. The number of rotatable bonds is 3. The third-order valence-corrected chi connectivity index (χ3v) is 4.03. The van der Waals surface area contributed by atoms with Crippen LogP contribution in [0.4, 0.5) is 13.2 Å². The van der Waals surface area contributed by atoms with Gasteiger partial charge in [0.1, 0.15) is 5.75 Å². The Kier molecular flexibility index (Phi) is 4.34. The van der Waals surface area contributed by atoms with Gasteiger partial charge in [-0.25, -0.2) is 8.42 Å². The molecular formula is C15H10F3NO3S. The number of alkyl halides is 3. The van der Waals surface area contributed by atoms with E-state index >= 15 is 0 Å². The summed E-state index contributed by atoms with van der Waals surface area (Å²) in [4.78, 5) is 0.000956. The van der Waals surface area contributed by atoms with Gasteiger partial charge in [-0.1, -0.05) is 12.1 Å². The van der Waals surface area contributed by atoms with Crippen molar-refractivity contribution < 1.29 is 26.3 Å². The van der Waals surface area contributed by atoms with Crippen molar-refractivity contribution in [2.75, 3.05) is 6.26 Å². The maximum Gasteiger partial charge on any atom is 0.573 e. The lowest BCUT2D eigenvalue weighted by atomic mass is 10.00. The second-order valence-electron chi connectivity index (χ2n) is 4.67. The van der Waals surface area contributed by atoms with E-state index in [0.29, 0.717) is 5.56 Å². The Morgan fingerprint density at radius 2 is 1.83 bits per heavy atom. The molecule has 0 fully saturated rings. The quantitative estimate of drug-likeness (QED) is 0.856. The first-order valence-electron chi connectivity index (χ1n) is 6.20. The summed E-state index contributed by atoms with van der Waals surface area (Å²) in [5.41, 5.74) is 0.557. The first-order valence-corrected chi connectivity index (χ1v) is 8.10. The Morgan fingerprint density at radius 1 is 1.13 bits per heavy atom. The van der Waals surface area contributed by atoms with Crippen molar-refractivity contribution in [2.24, 2.45) is 0 Å². The van der Waals surface area contributed by atoms with Crippen LogP contribution in [0.5, 0.6) is 5.75 Å². The van der Waals surface area contributed by atoms with E-state index in [9.17, 15) is 21.6 Å². The van der Waals surface area contributed by atoms with Crippen LogP contribution in [0.15, 0.2) is 47.4 Å². The van der Waals surface area contributed by atoms with Gasteiger partial charge >= 0.3 is 6.36 Å². The lowest BCUT2D eigenvalue weighted by Gasteiger charge is -2.12. The highest BCUT2D eigenvalue weighted by Gasteiger charge is 2.31. The summed E-state index contributed by atoms with van der Waals surface area (Å²) in [6, 6.07) is 10.7. The number of hydrogen-bond acceptors (Lipinski definition) is 4. The highest BCUT2D eigenvalue weighted by molar-refractivity contribution is 7.90. The van der Waals surface area contributed by atoms with E-state index < -0.39 is 21.9 Å². The van der Waals surface area contributed by atoms with Crippen LogP contribution in [0.1, 0.15) is 5.56 Å². The fraction of sp³-hybridized carbons (Fsp3) is 0.133. The van der Waals surface area contributed by atoms with E-state index in [1.54, 1.807) is 0 Å². The number of nitrogens with zero attached hydrogens (tertiary/aromatic N) is 1. The van der Waals surface area contributed by atoms with E-state index in [0.717, 1.165) is 18.4 Å². The maximum absolute atomic E-state index is 12.3. The molecule has 0 saturated heterocycles. The Balaban J connectivity index is 2.58. The second kappa shape index (κ2) is 5.93. The summed E-state index contributed by atoms with van der Waals surface area (Å²) >= 11 is 0. The zero-order chi connectivity index (χ0) is 17.3. The first kappa shape index (κ1) is 16.8. The van der Waals surface area contributed by atoms with Crippen molar-refractivity contribution in [1.29, 1.82) is 5.26 Å². The van der Waals surface area contributed by atoms with Gasteiger partial charge in [-0.2, -0.15) is 5.26 Å². The predicted molar refractivity (Wildman–Crippen MR) is 76.4 cm³/mol. The van der Waals surface area contributed by atoms with E-state index in [4.69, 9.17) is 5.26 Å². The molecular weight excluding hydrogens is 331 g/mol. The Hall–Kier alpha value is -2.53. The molecule has 0 atom stereocenters. The molecule has 8 heteroatoms. The molecule has 0 unspecified atom stereocenters. The molecule has 0 bridgehead atoms. The normalized spacial score (nSPS) is 11.8. The predicted octanol–water partition coefficient (Wildman–Crippen LogP) is 3.53. The Bertz CT molecular complexity index is 884. The molecule has 2 rings (SSSR count). The number of benzene rings is 2. The largest absolute Gasteiger partial charge is 0.573 e. The zero-order valence-electron chi connectivity index (χ0n) is 11.8. The monoisotopic (exact) mass is 341 g/mol. The number of ether oxygens (including phenoxy) is 1. The molecule has 4 nitrogen and oxygen atoms in total. The van der Waals surface area contributed by atoms with Gasteiger partial charge in [0.05, 0.1) is 16.5 Å². The molecule has 2 aromatic rings. The average Bonchev–Trinajstić information content (AvgIpc) is 2.45. The maximum atomic E-state index is 12.3. The van der Waals surface area contributed by atoms with Crippen LogP contribution in [0.2, 0.25) is 0 Å². The van der Waals surface area contributed by atoms with Crippen molar-refractivity contribution in [3.8, 4) is 22.9 Å². The van der Waals surface area contributed by atoms with Crippen LogP contribution in [-0.2, 0) is 9.84 Å². The highest BCUT2D eigenvalue weighted by Crippen LogP contribution is 2.31. The van der Waals surface area contributed by atoms with Gasteiger partial charge in [-0.05, 0) is 35.9 Å². The average molecular weight is 341 g/mol. The van der Waals surface area contributed by atoms with Gasteiger partial charge in [0, 0.05) is 11.8 Å². The van der Waals surface area contributed by atoms with Crippen molar-refractivity contribution in [1.82, 2.24) is 0 Å². The van der Waals surface area contributed by atoms with Gasteiger partial charge in [-0.3, -0.25) is 0 Å². The standard InChI is InChI=1S/C15H10F3NO3S/c1-23(20,21)13-4-2-3-10(7-13)14-8-12(22-15(16,17)18)6-5-11(14)9-19/h2-8H,1H3. The summed E-state index contributed by atoms with van der Waals surface area (Å²) in [5, 5.41) is 9.10. The van der Waals surface area contributed by atoms with Crippen LogP contribution in [0, 0.1) is 11.3 Å². The third-order valence-electron chi connectivity index (χ3n) is 2.92. The molecule has 0 aromatic heterocycles. The van der Waals surface area contributed by atoms with Crippen molar-refractivity contribution in [3.63, 3.8) is 0 Å². The summed E-state index contributed by atoms with van der Waals surface area (Å²) in [6.07, 6.45) is -3.85. The molecule has 23 heavy (non-hydrogen) atoms. The molecule has 0 aliphatic heterocycles. The number of sulfone groups is 1. The summed E-state index contributed by atoms with van der Waals surface area (Å²) < 4.78 is 63.9. The molecule has 0 saturated carbocycles. The second-order valence-corrected chi connectivity index (χ2v) is 6.68. The van der Waals surface area contributed by atoms with Crippen LogP contribution in [0.25, 0.3) is 11.1 Å². The molecule has 0 aliphatic carbocycles. The molecule has 0 heterocycles. The van der Waals surface area contributed by atoms with Crippen LogP contribution < -0.4 is 4.74 Å². The lowest BCUT2D eigenvalue weighted by Crippen LogP contribution is -2.17. The number of nitriles is 1. The van der Waals surface area contributed by atoms with Crippen LogP contribution >= 0.6 is 0 Å². The SMILES string of the molecule is CS(=O)(=O)c1cccc(-c2cc(OC(F)(F)F)ccc2C#N)c1. The van der Waals surface area contributed by atoms with Gasteiger partial charge < -0.3 is 4.74 Å².